The van der Waals surface area contributed by atoms with Gasteiger partial charge in [0.05, 0.1) is 4.90 Å². The van der Waals surface area contributed by atoms with E-state index in [1.807, 2.05) is 6.92 Å². The summed E-state index contributed by atoms with van der Waals surface area (Å²) in [5, 5.41) is 5.10. The molecule has 29 heavy (non-hydrogen) atoms. The topological polar surface area (TPSA) is 110 Å². The SMILES string of the molecule is Cc1ccc2nc(C3(c4ccc(S(N)(=O)=O)cc4)C=C(C(F)(F)F)NN3)oc2c1. The molecule has 0 bridgehead atoms. The maximum Gasteiger partial charge on any atom is 0.432 e. The lowest BCUT2D eigenvalue weighted by molar-refractivity contribution is -0.0965. The highest BCUT2D eigenvalue weighted by atomic mass is 32.2. The van der Waals surface area contributed by atoms with E-state index in [0.717, 1.165) is 11.6 Å². The van der Waals surface area contributed by atoms with Gasteiger partial charge < -0.3 is 9.84 Å². The number of hydrogen-bond donors (Lipinski definition) is 3. The van der Waals surface area contributed by atoms with E-state index in [4.69, 9.17) is 9.56 Å². The first-order valence-corrected chi connectivity index (χ1v) is 9.88. The van der Waals surface area contributed by atoms with Gasteiger partial charge in [-0.2, -0.15) is 13.2 Å². The van der Waals surface area contributed by atoms with Crippen LogP contribution in [-0.4, -0.2) is 19.6 Å². The van der Waals surface area contributed by atoms with E-state index >= 15 is 0 Å². The Hall–Kier alpha value is -2.89. The summed E-state index contributed by atoms with van der Waals surface area (Å²) in [6.45, 7) is 1.85. The molecule has 4 rings (SSSR count). The number of hydrogen-bond acceptors (Lipinski definition) is 6. The predicted molar refractivity (Wildman–Crippen MR) is 97.8 cm³/mol. The summed E-state index contributed by atoms with van der Waals surface area (Å²) in [5.74, 6) is -0.0341. The number of nitrogens with one attached hydrogen (secondary N) is 2. The van der Waals surface area contributed by atoms with Gasteiger partial charge in [0.15, 0.2) is 11.1 Å². The second-order valence-corrected chi connectivity index (χ2v) is 8.23. The number of aryl methyl sites for hydroxylation is 1. The van der Waals surface area contributed by atoms with Crippen LogP contribution in [0.15, 0.2) is 63.6 Å². The fraction of sp³-hybridized carbons (Fsp3) is 0.167. The number of rotatable bonds is 3. The fourth-order valence-electron chi connectivity index (χ4n) is 3.11. The molecule has 3 aromatic rings. The van der Waals surface area contributed by atoms with Crippen LogP contribution in [0.25, 0.3) is 11.1 Å². The van der Waals surface area contributed by atoms with Crippen molar-refractivity contribution in [3.05, 3.63) is 71.3 Å². The molecule has 2 aromatic carbocycles. The minimum absolute atomic E-state index is 0.0341. The van der Waals surface area contributed by atoms with E-state index in [2.05, 4.69) is 15.8 Å². The molecule has 1 atom stereocenters. The van der Waals surface area contributed by atoms with Gasteiger partial charge in [-0.15, -0.1) is 0 Å². The van der Waals surface area contributed by atoms with Gasteiger partial charge in [-0.25, -0.2) is 24.0 Å². The molecule has 7 nitrogen and oxygen atoms in total. The number of benzene rings is 2. The van der Waals surface area contributed by atoms with E-state index in [1.165, 1.54) is 24.3 Å². The van der Waals surface area contributed by atoms with Gasteiger partial charge in [-0.3, -0.25) is 0 Å². The maximum atomic E-state index is 13.3. The molecular formula is C18H15F3N4O3S. The molecule has 1 aliphatic heterocycles. The first-order chi connectivity index (χ1) is 13.5. The van der Waals surface area contributed by atoms with Gasteiger partial charge in [0.2, 0.25) is 15.9 Å². The van der Waals surface area contributed by atoms with Gasteiger partial charge in [-0.05, 0) is 48.4 Å². The Morgan fingerprint density at radius 2 is 1.83 bits per heavy atom. The second kappa shape index (κ2) is 6.31. The zero-order valence-corrected chi connectivity index (χ0v) is 15.7. The van der Waals surface area contributed by atoms with Crippen LogP contribution in [-0.2, 0) is 15.6 Å². The molecule has 0 amide bonds. The summed E-state index contributed by atoms with van der Waals surface area (Å²) in [7, 11) is -3.96. The number of alkyl halides is 3. The number of aromatic nitrogens is 1. The lowest BCUT2D eigenvalue weighted by atomic mass is 9.90. The normalized spacial score (nSPS) is 20.0. The second-order valence-electron chi connectivity index (χ2n) is 6.67. The molecule has 1 aliphatic rings. The number of hydrazine groups is 1. The van der Waals surface area contributed by atoms with Crippen molar-refractivity contribution in [1.82, 2.24) is 15.8 Å². The minimum atomic E-state index is -4.64. The van der Waals surface area contributed by atoms with Crippen molar-refractivity contribution in [2.75, 3.05) is 0 Å². The van der Waals surface area contributed by atoms with Gasteiger partial charge in [0, 0.05) is 0 Å². The van der Waals surface area contributed by atoms with E-state index in [-0.39, 0.29) is 16.3 Å². The van der Waals surface area contributed by atoms with Crippen molar-refractivity contribution in [2.24, 2.45) is 5.14 Å². The summed E-state index contributed by atoms with van der Waals surface area (Å²) in [6.07, 6.45) is -3.73. The third kappa shape index (κ3) is 3.37. The Kier molecular flexibility index (Phi) is 4.22. The van der Waals surface area contributed by atoms with Crippen molar-refractivity contribution in [2.45, 2.75) is 23.5 Å². The molecule has 0 fully saturated rings. The summed E-state index contributed by atoms with van der Waals surface area (Å²) in [4.78, 5) is 4.18. The Morgan fingerprint density at radius 3 is 2.41 bits per heavy atom. The van der Waals surface area contributed by atoms with Gasteiger partial charge >= 0.3 is 6.18 Å². The van der Waals surface area contributed by atoms with E-state index in [1.54, 1.807) is 18.2 Å². The lowest BCUT2D eigenvalue weighted by Gasteiger charge is -2.24. The minimum Gasteiger partial charge on any atom is -0.438 e. The van der Waals surface area contributed by atoms with Crippen LogP contribution in [0.4, 0.5) is 13.2 Å². The summed E-state index contributed by atoms with van der Waals surface area (Å²) in [5.41, 5.74) is 4.15. The number of halogens is 3. The predicted octanol–water partition coefficient (Wildman–Crippen LogP) is 2.58. The highest BCUT2D eigenvalue weighted by Crippen LogP contribution is 2.39. The highest BCUT2D eigenvalue weighted by molar-refractivity contribution is 7.89. The van der Waals surface area contributed by atoms with Crippen molar-refractivity contribution < 1.29 is 26.0 Å². The Labute approximate surface area is 163 Å². The number of primary sulfonamides is 1. The third-order valence-electron chi connectivity index (χ3n) is 4.58. The smallest absolute Gasteiger partial charge is 0.432 e. The molecule has 2 heterocycles. The molecule has 0 spiro atoms. The number of nitrogens with two attached hydrogens (primary N) is 1. The molecule has 0 saturated carbocycles. The van der Waals surface area contributed by atoms with Crippen LogP contribution in [0.3, 0.4) is 0 Å². The Bertz CT molecular complexity index is 1230. The van der Waals surface area contributed by atoms with E-state index in [9.17, 15) is 21.6 Å². The highest BCUT2D eigenvalue weighted by Gasteiger charge is 2.48. The fourth-order valence-corrected chi connectivity index (χ4v) is 3.62. The van der Waals surface area contributed by atoms with Crippen molar-refractivity contribution in [1.29, 1.82) is 0 Å². The van der Waals surface area contributed by atoms with Crippen LogP contribution >= 0.6 is 0 Å². The quantitative estimate of drug-likeness (QED) is 0.596. The zero-order valence-electron chi connectivity index (χ0n) is 14.9. The molecule has 11 heteroatoms. The average molecular weight is 424 g/mol. The molecule has 1 unspecified atom stereocenters. The lowest BCUT2D eigenvalue weighted by Crippen LogP contribution is -2.44. The molecule has 1 aromatic heterocycles. The van der Waals surface area contributed by atoms with Gasteiger partial charge in [0.25, 0.3) is 0 Å². The molecule has 152 valence electrons. The number of fused-ring (bicyclic) bond motifs is 1. The summed E-state index contributed by atoms with van der Waals surface area (Å²) in [6, 6.07) is 10.3. The van der Waals surface area contributed by atoms with Gasteiger partial charge in [-0.1, -0.05) is 18.2 Å². The Balaban J connectivity index is 1.92. The standard InChI is InChI=1S/C18H15F3N4O3S/c1-10-2-7-13-14(8-10)28-16(23-13)17(9-15(24-25-17)18(19,20)21)11-3-5-12(6-4-11)29(22,26)27/h2-9,24-25H,1H3,(H2,22,26,27). The molecule has 0 radical (unpaired) electrons. The van der Waals surface area contributed by atoms with E-state index < -0.39 is 27.4 Å². The molecule has 0 aliphatic carbocycles. The number of nitrogens with zero attached hydrogens (tertiary/aromatic N) is 1. The van der Waals surface area contributed by atoms with Crippen LogP contribution < -0.4 is 16.0 Å². The number of allylic oxidation sites excluding steroid dienone is 1. The summed E-state index contributed by atoms with van der Waals surface area (Å²) < 4.78 is 68.7. The third-order valence-corrected chi connectivity index (χ3v) is 5.51. The van der Waals surface area contributed by atoms with Crippen molar-refractivity contribution in [3.63, 3.8) is 0 Å². The van der Waals surface area contributed by atoms with Crippen molar-refractivity contribution >= 4 is 21.1 Å². The molecular weight excluding hydrogens is 409 g/mol. The summed E-state index contributed by atoms with van der Waals surface area (Å²) >= 11 is 0. The number of oxazole rings is 1. The zero-order chi connectivity index (χ0) is 21.0. The Morgan fingerprint density at radius 1 is 1.14 bits per heavy atom. The maximum absolute atomic E-state index is 13.3. The van der Waals surface area contributed by atoms with E-state index in [0.29, 0.717) is 11.1 Å². The molecule has 4 N–H and O–H groups in total. The van der Waals surface area contributed by atoms with Crippen LogP contribution in [0.2, 0.25) is 0 Å². The van der Waals surface area contributed by atoms with Crippen LogP contribution in [0, 0.1) is 6.92 Å². The molecule has 0 saturated heterocycles. The monoisotopic (exact) mass is 424 g/mol. The first-order valence-electron chi connectivity index (χ1n) is 8.33. The average Bonchev–Trinajstić information content (AvgIpc) is 3.25. The van der Waals surface area contributed by atoms with Crippen LogP contribution in [0.1, 0.15) is 17.0 Å². The number of sulfonamides is 1. The van der Waals surface area contributed by atoms with Crippen LogP contribution in [0.5, 0.6) is 0 Å². The first kappa shape index (κ1) is 19.4. The van der Waals surface area contributed by atoms with Gasteiger partial charge in [0.1, 0.15) is 11.2 Å². The van der Waals surface area contributed by atoms with Crippen molar-refractivity contribution in [3.8, 4) is 0 Å². The largest absolute Gasteiger partial charge is 0.438 e.